The third-order valence-corrected chi connectivity index (χ3v) is 7.05. The lowest BCUT2D eigenvalue weighted by atomic mass is 10.0. The minimum Gasteiger partial charge on any atom is -0.493 e. The van der Waals surface area contributed by atoms with E-state index < -0.39 is 10.0 Å². The molecule has 11 heteroatoms. The number of fused-ring (bicyclic) bond motifs is 2. The van der Waals surface area contributed by atoms with Crippen LogP contribution in [0, 0.1) is 5.82 Å². The van der Waals surface area contributed by atoms with E-state index in [4.69, 9.17) is 4.74 Å². The van der Waals surface area contributed by atoms with Crippen LogP contribution in [0.1, 0.15) is 29.0 Å². The van der Waals surface area contributed by atoms with Gasteiger partial charge in [0, 0.05) is 54.9 Å². The summed E-state index contributed by atoms with van der Waals surface area (Å²) in [5.41, 5.74) is 2.92. The average Bonchev–Trinajstić information content (AvgIpc) is 3.45. The molecule has 0 radical (unpaired) electrons. The van der Waals surface area contributed by atoms with E-state index >= 15 is 0 Å². The van der Waals surface area contributed by atoms with Crippen LogP contribution in [-0.4, -0.2) is 58.3 Å². The molecule has 0 spiro atoms. The van der Waals surface area contributed by atoms with Crippen molar-refractivity contribution in [2.24, 2.45) is 0 Å². The summed E-state index contributed by atoms with van der Waals surface area (Å²) in [6, 6.07) is 3.08. The van der Waals surface area contributed by atoms with Crippen LogP contribution in [0.3, 0.4) is 0 Å². The van der Waals surface area contributed by atoms with Gasteiger partial charge in [0.2, 0.25) is 16.0 Å². The SMILES string of the molecule is CS(=O)(=O)N1CCC(c2cnc(NCc3c(F)ccc4c3CCO4)n3cnnc23)C1. The molecular formula is C19H21FN6O3S. The average molecular weight is 432 g/mol. The van der Waals surface area contributed by atoms with E-state index in [-0.39, 0.29) is 18.3 Å². The zero-order chi connectivity index (χ0) is 20.9. The van der Waals surface area contributed by atoms with E-state index in [0.29, 0.717) is 49.7 Å². The molecule has 158 valence electrons. The van der Waals surface area contributed by atoms with Gasteiger partial charge < -0.3 is 10.1 Å². The van der Waals surface area contributed by atoms with E-state index in [0.717, 1.165) is 16.9 Å². The predicted molar refractivity (Wildman–Crippen MR) is 107 cm³/mol. The van der Waals surface area contributed by atoms with Crippen molar-refractivity contribution in [3.05, 3.63) is 47.2 Å². The summed E-state index contributed by atoms with van der Waals surface area (Å²) in [7, 11) is -3.23. The second kappa shape index (κ2) is 7.17. The summed E-state index contributed by atoms with van der Waals surface area (Å²) in [4.78, 5) is 4.50. The molecule has 3 aromatic rings. The molecule has 30 heavy (non-hydrogen) atoms. The van der Waals surface area contributed by atoms with Gasteiger partial charge in [-0.25, -0.2) is 22.1 Å². The molecule has 2 aliphatic rings. The van der Waals surface area contributed by atoms with E-state index in [1.54, 1.807) is 23.0 Å². The third kappa shape index (κ3) is 3.27. The lowest BCUT2D eigenvalue weighted by Gasteiger charge is -2.15. The van der Waals surface area contributed by atoms with Crippen molar-refractivity contribution in [3.63, 3.8) is 0 Å². The van der Waals surface area contributed by atoms with Crippen LogP contribution in [-0.2, 0) is 23.0 Å². The number of benzene rings is 1. The molecule has 0 saturated carbocycles. The number of ether oxygens (including phenoxy) is 1. The van der Waals surface area contributed by atoms with Gasteiger partial charge in [-0.2, -0.15) is 0 Å². The van der Waals surface area contributed by atoms with E-state index in [9.17, 15) is 12.8 Å². The van der Waals surface area contributed by atoms with E-state index in [1.807, 2.05) is 0 Å². The molecule has 4 heterocycles. The fraction of sp³-hybridized carbons (Fsp3) is 0.421. The fourth-order valence-corrected chi connectivity index (χ4v) is 5.10. The molecule has 9 nitrogen and oxygen atoms in total. The van der Waals surface area contributed by atoms with Crippen molar-refractivity contribution >= 4 is 21.6 Å². The van der Waals surface area contributed by atoms with Gasteiger partial charge >= 0.3 is 0 Å². The number of sulfonamides is 1. The number of anilines is 1. The summed E-state index contributed by atoms with van der Waals surface area (Å²) < 4.78 is 46.8. The first-order valence-corrected chi connectivity index (χ1v) is 11.6. The summed E-state index contributed by atoms with van der Waals surface area (Å²) in [5, 5.41) is 11.4. The van der Waals surface area contributed by atoms with Gasteiger partial charge in [-0.15, -0.1) is 10.2 Å². The van der Waals surface area contributed by atoms with Crippen molar-refractivity contribution in [1.29, 1.82) is 0 Å². The Balaban J connectivity index is 1.41. The standard InChI is InChI=1S/C19H21FN6O3S/c1-30(27,28)25-6-4-12(10-25)14-8-21-19(26-11-23-24-18(14)26)22-9-15-13-5-7-29-17(13)3-2-16(15)20/h2-3,8,11-12H,4-7,9-10H2,1H3,(H,21,22). The Hall–Kier alpha value is -2.79. The number of hydrogen-bond donors (Lipinski definition) is 1. The zero-order valence-corrected chi connectivity index (χ0v) is 17.2. The van der Waals surface area contributed by atoms with Crippen molar-refractivity contribution in [2.75, 3.05) is 31.3 Å². The third-order valence-electron chi connectivity index (χ3n) is 5.78. The molecule has 0 amide bonds. The number of rotatable bonds is 5. The summed E-state index contributed by atoms with van der Waals surface area (Å²) >= 11 is 0. The van der Waals surface area contributed by atoms with Gasteiger partial charge in [0.05, 0.1) is 12.9 Å². The number of hydrogen-bond acceptors (Lipinski definition) is 7. The Bertz CT molecular complexity index is 1230. The highest BCUT2D eigenvalue weighted by Crippen LogP contribution is 2.32. The van der Waals surface area contributed by atoms with E-state index in [2.05, 4.69) is 20.5 Å². The molecule has 1 N–H and O–H groups in total. The first-order chi connectivity index (χ1) is 14.4. The molecule has 0 aliphatic carbocycles. The van der Waals surface area contributed by atoms with Crippen LogP contribution in [0.2, 0.25) is 0 Å². The van der Waals surface area contributed by atoms with Crippen LogP contribution < -0.4 is 10.1 Å². The topological polar surface area (TPSA) is 102 Å². The van der Waals surface area contributed by atoms with Gasteiger partial charge in [-0.05, 0) is 18.6 Å². The molecule has 1 atom stereocenters. The molecule has 5 rings (SSSR count). The van der Waals surface area contributed by atoms with Crippen molar-refractivity contribution < 1.29 is 17.5 Å². The van der Waals surface area contributed by atoms with Gasteiger partial charge in [-0.3, -0.25) is 4.40 Å². The summed E-state index contributed by atoms with van der Waals surface area (Å²) in [6.07, 6.45) is 5.85. The largest absolute Gasteiger partial charge is 0.493 e. The van der Waals surface area contributed by atoms with Gasteiger partial charge in [0.15, 0.2) is 5.65 Å². The number of halogens is 1. The van der Waals surface area contributed by atoms with Crippen LogP contribution in [0.15, 0.2) is 24.7 Å². The van der Waals surface area contributed by atoms with Crippen LogP contribution >= 0.6 is 0 Å². The fourth-order valence-electron chi connectivity index (χ4n) is 4.21. The maximum Gasteiger partial charge on any atom is 0.211 e. The Morgan fingerprint density at radius 3 is 3.03 bits per heavy atom. The second-order valence-corrected chi connectivity index (χ2v) is 9.61. The van der Waals surface area contributed by atoms with Crippen LogP contribution in [0.5, 0.6) is 5.75 Å². The zero-order valence-electron chi connectivity index (χ0n) is 16.4. The van der Waals surface area contributed by atoms with Crippen LogP contribution in [0.25, 0.3) is 5.65 Å². The number of aromatic nitrogens is 4. The van der Waals surface area contributed by atoms with Gasteiger partial charge in [-0.1, -0.05) is 0 Å². The quantitative estimate of drug-likeness (QED) is 0.653. The van der Waals surface area contributed by atoms with Crippen molar-refractivity contribution in [1.82, 2.24) is 23.9 Å². The maximum atomic E-state index is 14.4. The van der Waals surface area contributed by atoms with Crippen molar-refractivity contribution in [3.8, 4) is 5.75 Å². The Morgan fingerprint density at radius 2 is 2.23 bits per heavy atom. The number of nitrogens with zero attached hydrogens (tertiary/aromatic N) is 5. The maximum absolute atomic E-state index is 14.4. The Kier molecular flexibility index (Phi) is 4.58. The van der Waals surface area contributed by atoms with Gasteiger partial charge in [0.25, 0.3) is 0 Å². The molecular weight excluding hydrogens is 411 g/mol. The molecule has 1 saturated heterocycles. The molecule has 2 aliphatic heterocycles. The Morgan fingerprint density at radius 1 is 1.37 bits per heavy atom. The first kappa shape index (κ1) is 19.2. The smallest absolute Gasteiger partial charge is 0.211 e. The summed E-state index contributed by atoms with van der Waals surface area (Å²) in [6.45, 7) is 1.69. The second-order valence-electron chi connectivity index (χ2n) is 7.62. The highest BCUT2D eigenvalue weighted by Gasteiger charge is 2.31. The number of nitrogens with one attached hydrogen (secondary N) is 1. The highest BCUT2D eigenvalue weighted by atomic mass is 32.2. The van der Waals surface area contributed by atoms with Gasteiger partial charge in [0.1, 0.15) is 17.9 Å². The first-order valence-electron chi connectivity index (χ1n) is 9.72. The van der Waals surface area contributed by atoms with Crippen LogP contribution in [0.4, 0.5) is 10.3 Å². The van der Waals surface area contributed by atoms with E-state index in [1.165, 1.54) is 16.6 Å². The minimum absolute atomic E-state index is 0.0000363. The summed E-state index contributed by atoms with van der Waals surface area (Å²) in [5.74, 6) is 0.936. The minimum atomic E-state index is -3.23. The highest BCUT2D eigenvalue weighted by molar-refractivity contribution is 7.88. The lowest BCUT2D eigenvalue weighted by Crippen LogP contribution is -2.27. The molecule has 1 aromatic carbocycles. The molecule has 2 aromatic heterocycles. The monoisotopic (exact) mass is 432 g/mol. The predicted octanol–water partition coefficient (Wildman–Crippen LogP) is 1.56. The molecule has 1 unspecified atom stereocenters. The lowest BCUT2D eigenvalue weighted by molar-refractivity contribution is 0.356. The molecule has 0 bridgehead atoms. The Labute approximate surface area is 172 Å². The normalized spacial score (nSPS) is 19.2. The van der Waals surface area contributed by atoms with Crippen molar-refractivity contribution in [2.45, 2.75) is 25.3 Å². The molecule has 1 fully saturated rings.